The van der Waals surface area contributed by atoms with Gasteiger partial charge in [0.1, 0.15) is 17.5 Å². The zero-order valence-corrected chi connectivity index (χ0v) is 11.0. The molecule has 0 saturated carbocycles. The number of fused-ring (bicyclic) bond motifs is 1. The van der Waals surface area contributed by atoms with Crippen molar-refractivity contribution in [1.29, 1.82) is 0 Å². The first-order chi connectivity index (χ1) is 9.97. The topological polar surface area (TPSA) is 32.9 Å². The maximum atomic E-state index is 13.7. The number of aromatic amines is 1. The number of ketones is 1. The van der Waals surface area contributed by atoms with Crippen LogP contribution in [0, 0.1) is 24.4 Å². The summed E-state index contributed by atoms with van der Waals surface area (Å²) in [4.78, 5) is 15.2. The minimum atomic E-state index is -1.21. The first kappa shape index (κ1) is 13.4. The lowest BCUT2D eigenvalue weighted by molar-refractivity contribution is 0.103. The van der Waals surface area contributed by atoms with E-state index in [0.29, 0.717) is 23.0 Å². The van der Waals surface area contributed by atoms with E-state index in [2.05, 4.69) is 4.98 Å². The van der Waals surface area contributed by atoms with Crippen LogP contribution in [-0.2, 0) is 0 Å². The van der Waals surface area contributed by atoms with Gasteiger partial charge >= 0.3 is 0 Å². The number of halogens is 3. The van der Waals surface area contributed by atoms with Crippen molar-refractivity contribution in [1.82, 2.24) is 4.98 Å². The molecule has 2 nitrogen and oxygen atoms in total. The van der Waals surface area contributed by atoms with Gasteiger partial charge in [-0.05, 0) is 19.1 Å². The minimum Gasteiger partial charge on any atom is -0.360 e. The molecule has 1 N–H and O–H groups in total. The molecule has 3 aromatic rings. The second kappa shape index (κ2) is 4.77. The number of aryl methyl sites for hydroxylation is 1. The van der Waals surface area contributed by atoms with Gasteiger partial charge in [0.25, 0.3) is 0 Å². The van der Waals surface area contributed by atoms with Crippen LogP contribution >= 0.6 is 0 Å². The number of carbonyl (C=O) groups excluding carboxylic acids is 1. The van der Waals surface area contributed by atoms with Crippen molar-refractivity contribution in [2.75, 3.05) is 0 Å². The SMILES string of the molecule is Cc1ccc2[nH]cc(C(=O)c3c(F)cc(F)cc3F)c2c1. The standard InChI is InChI=1S/C16H10F3NO/c1-8-2-3-14-10(4-8)11(7-20-14)16(21)15-12(18)5-9(17)6-13(15)19/h2-7,20H,1H3. The molecule has 1 heterocycles. The highest BCUT2D eigenvalue weighted by Crippen LogP contribution is 2.25. The van der Waals surface area contributed by atoms with Gasteiger partial charge in [-0.25, -0.2) is 13.2 Å². The Hall–Kier alpha value is -2.56. The molecule has 3 rings (SSSR count). The van der Waals surface area contributed by atoms with E-state index < -0.39 is 28.8 Å². The molecule has 0 bridgehead atoms. The Bertz CT molecular complexity index is 844. The number of benzene rings is 2. The van der Waals surface area contributed by atoms with Crippen molar-refractivity contribution < 1.29 is 18.0 Å². The Labute approximate surface area is 118 Å². The van der Waals surface area contributed by atoms with E-state index in [1.165, 1.54) is 6.20 Å². The third kappa shape index (κ3) is 2.20. The van der Waals surface area contributed by atoms with Crippen molar-refractivity contribution in [3.8, 4) is 0 Å². The van der Waals surface area contributed by atoms with E-state index in [4.69, 9.17) is 0 Å². The predicted molar refractivity (Wildman–Crippen MR) is 72.8 cm³/mol. The summed E-state index contributed by atoms with van der Waals surface area (Å²) in [5, 5.41) is 0.572. The molecule has 0 saturated heterocycles. The summed E-state index contributed by atoms with van der Waals surface area (Å²) >= 11 is 0. The molecule has 106 valence electrons. The smallest absolute Gasteiger partial charge is 0.201 e. The highest BCUT2D eigenvalue weighted by atomic mass is 19.1. The number of H-pyrrole nitrogens is 1. The molecule has 0 amide bonds. The molecule has 21 heavy (non-hydrogen) atoms. The van der Waals surface area contributed by atoms with Crippen LogP contribution in [0.1, 0.15) is 21.5 Å². The zero-order chi connectivity index (χ0) is 15.1. The Morgan fingerprint density at radius 3 is 2.38 bits per heavy atom. The molecular formula is C16H10F3NO. The Morgan fingerprint density at radius 1 is 1.05 bits per heavy atom. The molecule has 1 aromatic heterocycles. The maximum Gasteiger partial charge on any atom is 0.201 e. The minimum absolute atomic E-state index is 0.151. The van der Waals surface area contributed by atoms with Gasteiger partial charge in [0.05, 0.1) is 5.56 Å². The molecule has 0 aliphatic heterocycles. The molecule has 0 spiro atoms. The molecule has 0 aliphatic rings. The number of carbonyl (C=O) groups is 1. The second-order valence-corrected chi connectivity index (χ2v) is 4.82. The van der Waals surface area contributed by atoms with Crippen LogP contribution in [0.3, 0.4) is 0 Å². The van der Waals surface area contributed by atoms with E-state index in [1.54, 1.807) is 12.1 Å². The van der Waals surface area contributed by atoms with Crippen molar-refractivity contribution in [2.24, 2.45) is 0 Å². The van der Waals surface area contributed by atoms with Crippen LogP contribution < -0.4 is 0 Å². The highest BCUT2D eigenvalue weighted by Gasteiger charge is 2.22. The third-order valence-corrected chi connectivity index (χ3v) is 3.32. The molecule has 0 aliphatic carbocycles. The van der Waals surface area contributed by atoms with Crippen molar-refractivity contribution in [2.45, 2.75) is 6.92 Å². The van der Waals surface area contributed by atoms with Gasteiger partial charge < -0.3 is 4.98 Å². The Kier molecular flexibility index (Phi) is 3.05. The average Bonchev–Trinajstić information content (AvgIpc) is 2.80. The van der Waals surface area contributed by atoms with E-state index in [-0.39, 0.29) is 5.56 Å². The van der Waals surface area contributed by atoms with Crippen LogP contribution in [0.25, 0.3) is 10.9 Å². The normalized spacial score (nSPS) is 11.0. The summed E-state index contributed by atoms with van der Waals surface area (Å²) in [6.45, 7) is 1.85. The lowest BCUT2D eigenvalue weighted by Crippen LogP contribution is -2.07. The highest BCUT2D eigenvalue weighted by molar-refractivity contribution is 6.16. The van der Waals surface area contributed by atoms with Gasteiger partial charge in [-0.3, -0.25) is 4.79 Å². The van der Waals surface area contributed by atoms with Gasteiger partial charge in [-0.2, -0.15) is 0 Å². The van der Waals surface area contributed by atoms with Crippen molar-refractivity contribution >= 4 is 16.7 Å². The number of aromatic nitrogens is 1. The molecule has 0 atom stereocenters. The fourth-order valence-electron chi connectivity index (χ4n) is 2.32. The van der Waals surface area contributed by atoms with Gasteiger partial charge in [-0.15, -0.1) is 0 Å². The van der Waals surface area contributed by atoms with Gasteiger partial charge in [-0.1, -0.05) is 11.6 Å². The fourth-order valence-corrected chi connectivity index (χ4v) is 2.32. The average molecular weight is 289 g/mol. The summed E-state index contributed by atoms with van der Waals surface area (Å²) in [7, 11) is 0. The number of rotatable bonds is 2. The second-order valence-electron chi connectivity index (χ2n) is 4.82. The van der Waals surface area contributed by atoms with Crippen molar-refractivity contribution in [3.05, 3.63) is 70.7 Å². The van der Waals surface area contributed by atoms with Crippen LogP contribution in [-0.4, -0.2) is 10.8 Å². The molecular weight excluding hydrogens is 279 g/mol. The summed E-state index contributed by atoms with van der Waals surface area (Å²) in [6, 6.07) is 6.37. The quantitative estimate of drug-likeness (QED) is 0.707. The Morgan fingerprint density at radius 2 is 1.71 bits per heavy atom. The first-order valence-corrected chi connectivity index (χ1v) is 6.24. The van der Waals surface area contributed by atoms with E-state index >= 15 is 0 Å². The molecule has 0 unspecified atom stereocenters. The van der Waals surface area contributed by atoms with Crippen LogP contribution in [0.2, 0.25) is 0 Å². The lowest BCUT2D eigenvalue weighted by atomic mass is 10.0. The Balaban J connectivity index is 2.20. The molecule has 5 heteroatoms. The largest absolute Gasteiger partial charge is 0.360 e. The summed E-state index contributed by atoms with van der Waals surface area (Å²) in [5.41, 5.74) is 1.000. The predicted octanol–water partition coefficient (Wildman–Crippen LogP) is 4.12. The first-order valence-electron chi connectivity index (χ1n) is 6.24. The molecule has 2 aromatic carbocycles. The van der Waals surface area contributed by atoms with E-state index in [0.717, 1.165) is 5.56 Å². The van der Waals surface area contributed by atoms with Gasteiger partial charge in [0.15, 0.2) is 0 Å². The van der Waals surface area contributed by atoms with E-state index in [1.807, 2.05) is 13.0 Å². The molecule has 0 radical (unpaired) electrons. The number of hydrogen-bond acceptors (Lipinski definition) is 1. The van der Waals surface area contributed by atoms with Crippen LogP contribution in [0.4, 0.5) is 13.2 Å². The zero-order valence-electron chi connectivity index (χ0n) is 11.0. The molecule has 0 fully saturated rings. The summed E-state index contributed by atoms with van der Waals surface area (Å²) in [5.74, 6) is -4.29. The van der Waals surface area contributed by atoms with Crippen LogP contribution in [0.15, 0.2) is 36.5 Å². The monoisotopic (exact) mass is 289 g/mol. The van der Waals surface area contributed by atoms with Gasteiger partial charge in [0.2, 0.25) is 5.78 Å². The van der Waals surface area contributed by atoms with Crippen LogP contribution in [0.5, 0.6) is 0 Å². The fraction of sp³-hybridized carbons (Fsp3) is 0.0625. The van der Waals surface area contributed by atoms with Gasteiger partial charge in [0, 0.05) is 34.8 Å². The number of nitrogens with one attached hydrogen (secondary N) is 1. The maximum absolute atomic E-state index is 13.7. The number of hydrogen-bond donors (Lipinski definition) is 1. The lowest BCUT2D eigenvalue weighted by Gasteiger charge is -2.04. The van der Waals surface area contributed by atoms with E-state index in [9.17, 15) is 18.0 Å². The third-order valence-electron chi connectivity index (χ3n) is 3.32. The van der Waals surface area contributed by atoms with Crippen molar-refractivity contribution in [3.63, 3.8) is 0 Å². The summed E-state index contributed by atoms with van der Waals surface area (Å²) in [6.07, 6.45) is 1.40. The summed E-state index contributed by atoms with van der Waals surface area (Å²) < 4.78 is 40.4.